The maximum absolute atomic E-state index is 5.89. The van der Waals surface area contributed by atoms with Crippen molar-refractivity contribution in [3.05, 3.63) is 47.6 Å². The van der Waals surface area contributed by atoms with Gasteiger partial charge in [-0.15, -0.1) is 0 Å². The molecule has 0 radical (unpaired) electrons. The Bertz CT molecular complexity index is 774. The number of hydrogen-bond donors (Lipinski definition) is 1. The number of nitrogens with one attached hydrogen (secondary N) is 1. The summed E-state index contributed by atoms with van der Waals surface area (Å²) in [5.74, 6) is 1.59. The Kier molecular flexibility index (Phi) is 4.85. The van der Waals surface area contributed by atoms with Crippen LogP contribution < -0.4 is 5.32 Å². The molecule has 0 aliphatic rings. The highest BCUT2D eigenvalue weighted by Crippen LogP contribution is 2.27. The molecular formula is C16H15ClN4O2. The Morgan fingerprint density at radius 1 is 1.22 bits per heavy atom. The number of rotatable bonds is 6. The third-order valence-corrected chi connectivity index (χ3v) is 3.42. The number of halogens is 1. The van der Waals surface area contributed by atoms with E-state index in [9.17, 15) is 0 Å². The van der Waals surface area contributed by atoms with Crippen molar-refractivity contribution in [3.63, 3.8) is 0 Å². The van der Waals surface area contributed by atoms with E-state index in [1.807, 2.05) is 24.3 Å². The van der Waals surface area contributed by atoms with Crippen molar-refractivity contribution in [2.75, 3.05) is 25.6 Å². The normalized spacial score (nSPS) is 10.7. The molecule has 0 amide bonds. The molecule has 1 aromatic carbocycles. The maximum atomic E-state index is 5.89. The second-order valence-electron chi connectivity index (χ2n) is 4.75. The van der Waals surface area contributed by atoms with E-state index in [0.717, 1.165) is 11.1 Å². The predicted molar refractivity (Wildman–Crippen MR) is 88.3 cm³/mol. The third-order valence-electron chi connectivity index (χ3n) is 3.17. The van der Waals surface area contributed by atoms with Gasteiger partial charge in [-0.25, -0.2) is 4.98 Å². The summed E-state index contributed by atoms with van der Waals surface area (Å²) in [5.41, 5.74) is 1.58. The first kappa shape index (κ1) is 15.5. The number of aromatic nitrogens is 3. The lowest BCUT2D eigenvalue weighted by Gasteiger charge is -2.07. The molecule has 1 N–H and O–H groups in total. The molecule has 0 fully saturated rings. The van der Waals surface area contributed by atoms with Gasteiger partial charge in [-0.1, -0.05) is 16.8 Å². The molecule has 2 heterocycles. The summed E-state index contributed by atoms with van der Waals surface area (Å²) in [6, 6.07) is 11.0. The molecule has 6 nitrogen and oxygen atoms in total. The van der Waals surface area contributed by atoms with Crippen LogP contribution in [0.4, 0.5) is 5.82 Å². The molecule has 0 aliphatic heterocycles. The lowest BCUT2D eigenvalue weighted by Crippen LogP contribution is -2.09. The molecule has 0 aliphatic carbocycles. The number of hydrogen-bond acceptors (Lipinski definition) is 6. The van der Waals surface area contributed by atoms with Crippen LogP contribution in [0.1, 0.15) is 0 Å². The number of anilines is 1. The highest BCUT2D eigenvalue weighted by molar-refractivity contribution is 6.30. The highest BCUT2D eigenvalue weighted by atomic mass is 35.5. The van der Waals surface area contributed by atoms with Crippen molar-refractivity contribution in [2.45, 2.75) is 0 Å². The summed E-state index contributed by atoms with van der Waals surface area (Å²) in [7, 11) is 1.65. The molecular weight excluding hydrogens is 316 g/mol. The van der Waals surface area contributed by atoms with E-state index in [2.05, 4.69) is 20.4 Å². The topological polar surface area (TPSA) is 73.1 Å². The first-order valence-corrected chi connectivity index (χ1v) is 7.43. The Hall–Kier alpha value is -2.44. The summed E-state index contributed by atoms with van der Waals surface area (Å²) in [6.07, 6.45) is 1.70. The largest absolute Gasteiger partial charge is 0.383 e. The minimum absolute atomic E-state index is 0.406. The van der Waals surface area contributed by atoms with Gasteiger partial charge in [0.05, 0.1) is 12.2 Å². The van der Waals surface area contributed by atoms with Gasteiger partial charge in [-0.3, -0.25) is 0 Å². The van der Waals surface area contributed by atoms with E-state index in [0.29, 0.717) is 35.7 Å². The summed E-state index contributed by atoms with van der Waals surface area (Å²) in [6.45, 7) is 1.22. The van der Waals surface area contributed by atoms with Crippen LogP contribution in [-0.4, -0.2) is 35.4 Å². The predicted octanol–water partition coefficient (Wildman–Crippen LogP) is 3.51. The summed E-state index contributed by atoms with van der Waals surface area (Å²) in [5, 5.41) is 7.87. The summed E-state index contributed by atoms with van der Waals surface area (Å²) < 4.78 is 10.4. The van der Waals surface area contributed by atoms with Crippen LogP contribution in [0.2, 0.25) is 5.02 Å². The third kappa shape index (κ3) is 3.67. The fourth-order valence-electron chi connectivity index (χ4n) is 2.04. The standard InChI is InChI=1S/C16H15ClN4O2/c1-22-10-9-19-15-13(3-2-8-18-15)16-20-14(21-23-16)11-4-6-12(17)7-5-11/h2-8H,9-10H2,1H3,(H,18,19). The van der Waals surface area contributed by atoms with Gasteiger partial charge in [0.15, 0.2) is 0 Å². The fourth-order valence-corrected chi connectivity index (χ4v) is 2.17. The van der Waals surface area contributed by atoms with Gasteiger partial charge in [0.25, 0.3) is 5.89 Å². The second kappa shape index (κ2) is 7.21. The van der Waals surface area contributed by atoms with E-state index < -0.39 is 0 Å². The van der Waals surface area contributed by atoms with Crippen LogP contribution in [0.25, 0.3) is 22.8 Å². The Morgan fingerprint density at radius 3 is 2.83 bits per heavy atom. The molecule has 0 atom stereocenters. The van der Waals surface area contributed by atoms with Crippen molar-refractivity contribution < 1.29 is 9.26 Å². The molecule has 0 spiro atoms. The van der Waals surface area contributed by atoms with Crippen molar-refractivity contribution in [2.24, 2.45) is 0 Å². The van der Waals surface area contributed by atoms with Crippen molar-refractivity contribution >= 4 is 17.4 Å². The van der Waals surface area contributed by atoms with E-state index in [-0.39, 0.29) is 0 Å². The van der Waals surface area contributed by atoms with Crippen LogP contribution in [0, 0.1) is 0 Å². The monoisotopic (exact) mass is 330 g/mol. The summed E-state index contributed by atoms with van der Waals surface area (Å²) in [4.78, 5) is 8.75. The number of methoxy groups -OCH3 is 1. The highest BCUT2D eigenvalue weighted by Gasteiger charge is 2.14. The lowest BCUT2D eigenvalue weighted by molar-refractivity contribution is 0.210. The first-order chi connectivity index (χ1) is 11.3. The molecule has 0 saturated carbocycles. The fraction of sp³-hybridized carbons (Fsp3) is 0.188. The van der Waals surface area contributed by atoms with E-state index in [1.165, 1.54) is 0 Å². The second-order valence-corrected chi connectivity index (χ2v) is 5.19. The molecule has 23 heavy (non-hydrogen) atoms. The molecule has 0 unspecified atom stereocenters. The van der Waals surface area contributed by atoms with Crippen LogP contribution in [0.3, 0.4) is 0 Å². The van der Waals surface area contributed by atoms with E-state index in [1.54, 1.807) is 25.4 Å². The van der Waals surface area contributed by atoms with Gasteiger partial charge < -0.3 is 14.6 Å². The smallest absolute Gasteiger partial charge is 0.261 e. The van der Waals surface area contributed by atoms with Crippen molar-refractivity contribution in [1.29, 1.82) is 0 Å². The number of nitrogens with zero attached hydrogens (tertiary/aromatic N) is 3. The van der Waals surface area contributed by atoms with E-state index >= 15 is 0 Å². The average Bonchev–Trinajstić information content (AvgIpc) is 3.06. The molecule has 7 heteroatoms. The Balaban J connectivity index is 1.87. The van der Waals surface area contributed by atoms with Crippen molar-refractivity contribution in [1.82, 2.24) is 15.1 Å². The summed E-state index contributed by atoms with van der Waals surface area (Å²) >= 11 is 5.89. The van der Waals surface area contributed by atoms with Crippen LogP contribution in [0.5, 0.6) is 0 Å². The Morgan fingerprint density at radius 2 is 2.04 bits per heavy atom. The van der Waals surface area contributed by atoms with Gasteiger partial charge in [0.2, 0.25) is 5.82 Å². The number of pyridine rings is 1. The zero-order valence-electron chi connectivity index (χ0n) is 12.5. The number of ether oxygens (including phenoxy) is 1. The molecule has 3 aromatic rings. The van der Waals surface area contributed by atoms with Crippen LogP contribution >= 0.6 is 11.6 Å². The lowest BCUT2D eigenvalue weighted by atomic mass is 10.2. The SMILES string of the molecule is COCCNc1ncccc1-c1nc(-c2ccc(Cl)cc2)no1. The van der Waals surface area contributed by atoms with E-state index in [4.69, 9.17) is 20.9 Å². The molecule has 118 valence electrons. The van der Waals surface area contributed by atoms with Gasteiger partial charge in [0, 0.05) is 30.4 Å². The van der Waals surface area contributed by atoms with Crippen LogP contribution in [-0.2, 0) is 4.74 Å². The minimum atomic E-state index is 0.406. The van der Waals surface area contributed by atoms with Gasteiger partial charge in [0.1, 0.15) is 5.82 Å². The van der Waals surface area contributed by atoms with Gasteiger partial charge >= 0.3 is 0 Å². The molecule has 2 aromatic heterocycles. The van der Waals surface area contributed by atoms with Crippen molar-refractivity contribution in [3.8, 4) is 22.8 Å². The van der Waals surface area contributed by atoms with Gasteiger partial charge in [-0.05, 0) is 36.4 Å². The first-order valence-electron chi connectivity index (χ1n) is 7.06. The quantitative estimate of drug-likeness (QED) is 0.697. The Labute approximate surface area is 138 Å². The average molecular weight is 331 g/mol. The molecule has 0 saturated heterocycles. The van der Waals surface area contributed by atoms with Gasteiger partial charge in [-0.2, -0.15) is 4.98 Å². The maximum Gasteiger partial charge on any atom is 0.261 e. The minimum Gasteiger partial charge on any atom is -0.383 e. The molecule has 3 rings (SSSR count). The zero-order valence-corrected chi connectivity index (χ0v) is 13.2. The number of benzene rings is 1. The molecule has 0 bridgehead atoms. The zero-order chi connectivity index (χ0) is 16.1. The van der Waals surface area contributed by atoms with Crippen LogP contribution in [0.15, 0.2) is 47.1 Å².